The maximum Gasteiger partial charge on any atom is 0.238 e. The highest BCUT2D eigenvalue weighted by molar-refractivity contribution is 7.89. The average molecular weight is 464 g/mol. The number of H-pyrrole nitrogens is 1. The normalized spacial score (nSPS) is 12.5. The third-order valence-corrected chi connectivity index (χ3v) is 6.50. The van der Waals surface area contributed by atoms with Crippen LogP contribution in [0.25, 0.3) is 10.9 Å². The molecule has 1 atom stereocenters. The molecule has 33 heavy (non-hydrogen) atoms. The molecule has 0 fully saturated rings. The molecule has 4 rings (SSSR count). The van der Waals surface area contributed by atoms with Crippen LogP contribution in [0.4, 0.5) is 0 Å². The van der Waals surface area contributed by atoms with Crippen molar-refractivity contribution in [3.05, 3.63) is 95.7 Å². The first-order valence-corrected chi connectivity index (χ1v) is 12.0. The molecule has 1 aromatic heterocycles. The first-order chi connectivity index (χ1) is 15.9. The number of ketones is 1. The van der Waals surface area contributed by atoms with E-state index >= 15 is 0 Å². The highest BCUT2D eigenvalue weighted by atomic mass is 32.2. The Hall–Kier alpha value is -3.46. The SMILES string of the molecule is COc1cccc2c(C(=O)[C@H](NCCc3ccc(S(N)(=O)=O)cc3)c3ccccc3)c[nH]c12. The number of benzene rings is 3. The van der Waals surface area contributed by atoms with Crippen LogP contribution < -0.4 is 15.2 Å². The quantitative estimate of drug-likeness (QED) is 0.328. The number of ether oxygens (including phenoxy) is 1. The fourth-order valence-corrected chi connectivity index (χ4v) is 4.39. The van der Waals surface area contributed by atoms with Gasteiger partial charge in [-0.25, -0.2) is 13.6 Å². The van der Waals surface area contributed by atoms with Crippen LogP contribution in [0.3, 0.4) is 0 Å². The minimum absolute atomic E-state index is 0.0507. The predicted octanol–water partition coefficient (Wildman–Crippen LogP) is 3.58. The number of nitrogens with two attached hydrogens (primary N) is 1. The molecule has 0 radical (unpaired) electrons. The number of hydrogen-bond acceptors (Lipinski definition) is 5. The number of nitrogens with one attached hydrogen (secondary N) is 2. The van der Waals surface area contributed by atoms with Crippen LogP contribution in [0.1, 0.15) is 27.5 Å². The lowest BCUT2D eigenvalue weighted by Crippen LogP contribution is -2.30. The van der Waals surface area contributed by atoms with E-state index in [-0.39, 0.29) is 10.7 Å². The van der Waals surface area contributed by atoms with Crippen LogP contribution in [0.2, 0.25) is 0 Å². The number of primary sulfonamides is 1. The summed E-state index contributed by atoms with van der Waals surface area (Å²) in [6.45, 7) is 0.520. The van der Waals surface area contributed by atoms with Crippen LogP contribution in [-0.2, 0) is 16.4 Å². The zero-order valence-electron chi connectivity index (χ0n) is 18.1. The van der Waals surface area contributed by atoms with E-state index in [1.54, 1.807) is 25.4 Å². The molecule has 3 aromatic carbocycles. The van der Waals surface area contributed by atoms with Crippen molar-refractivity contribution in [3.8, 4) is 5.75 Å². The lowest BCUT2D eigenvalue weighted by atomic mass is 9.96. The van der Waals surface area contributed by atoms with Gasteiger partial charge in [0.2, 0.25) is 10.0 Å². The van der Waals surface area contributed by atoms with Crippen molar-refractivity contribution in [3.63, 3.8) is 0 Å². The zero-order chi connectivity index (χ0) is 23.4. The highest BCUT2D eigenvalue weighted by Gasteiger charge is 2.24. The highest BCUT2D eigenvalue weighted by Crippen LogP contribution is 2.30. The van der Waals surface area contributed by atoms with Crippen molar-refractivity contribution in [2.24, 2.45) is 5.14 Å². The van der Waals surface area contributed by atoms with Crippen molar-refractivity contribution in [2.75, 3.05) is 13.7 Å². The molecule has 7 nitrogen and oxygen atoms in total. The zero-order valence-corrected chi connectivity index (χ0v) is 18.9. The number of aromatic amines is 1. The van der Waals surface area contributed by atoms with Crippen LogP contribution in [-0.4, -0.2) is 32.8 Å². The number of carbonyl (C=O) groups is 1. The van der Waals surface area contributed by atoms with Gasteiger partial charge in [-0.3, -0.25) is 4.79 Å². The van der Waals surface area contributed by atoms with Gasteiger partial charge in [0.15, 0.2) is 5.78 Å². The number of rotatable bonds is 9. The van der Waals surface area contributed by atoms with E-state index < -0.39 is 16.1 Å². The first-order valence-electron chi connectivity index (χ1n) is 10.5. The van der Waals surface area contributed by atoms with Gasteiger partial charge >= 0.3 is 0 Å². The third kappa shape index (κ3) is 4.98. The summed E-state index contributed by atoms with van der Waals surface area (Å²) in [7, 11) is -2.12. The number of hydrogen-bond donors (Lipinski definition) is 3. The number of sulfonamides is 1. The van der Waals surface area contributed by atoms with Crippen molar-refractivity contribution in [2.45, 2.75) is 17.4 Å². The summed E-state index contributed by atoms with van der Waals surface area (Å²) in [6, 6.07) is 21.1. The van der Waals surface area contributed by atoms with E-state index in [0.717, 1.165) is 22.0 Å². The molecule has 4 N–H and O–H groups in total. The van der Waals surface area contributed by atoms with Gasteiger partial charge in [0.25, 0.3) is 0 Å². The number of para-hydroxylation sites is 1. The lowest BCUT2D eigenvalue weighted by molar-refractivity contribution is 0.0945. The minimum atomic E-state index is -3.72. The van der Waals surface area contributed by atoms with E-state index in [1.165, 1.54) is 12.1 Å². The monoisotopic (exact) mass is 463 g/mol. The topological polar surface area (TPSA) is 114 Å². The van der Waals surface area contributed by atoms with Gasteiger partial charge in [0.1, 0.15) is 5.75 Å². The molecular weight excluding hydrogens is 438 g/mol. The van der Waals surface area contributed by atoms with Crippen LogP contribution in [0.15, 0.2) is 83.9 Å². The third-order valence-electron chi connectivity index (χ3n) is 5.57. The molecule has 0 aliphatic heterocycles. The molecule has 0 bridgehead atoms. The number of Topliss-reactive ketones (excluding diaryl/α,β-unsaturated/α-hetero) is 1. The molecule has 4 aromatic rings. The number of methoxy groups -OCH3 is 1. The van der Waals surface area contributed by atoms with E-state index in [4.69, 9.17) is 9.88 Å². The fraction of sp³-hybridized carbons (Fsp3) is 0.160. The van der Waals surface area contributed by atoms with Gasteiger partial charge in [0.05, 0.1) is 23.6 Å². The Bertz CT molecular complexity index is 1360. The minimum Gasteiger partial charge on any atom is -0.495 e. The molecule has 0 unspecified atom stereocenters. The van der Waals surface area contributed by atoms with Gasteiger partial charge in [-0.15, -0.1) is 0 Å². The Kier molecular flexibility index (Phi) is 6.60. The molecule has 0 spiro atoms. The van der Waals surface area contributed by atoms with Gasteiger partial charge < -0.3 is 15.0 Å². The van der Waals surface area contributed by atoms with Crippen molar-refractivity contribution >= 4 is 26.7 Å². The van der Waals surface area contributed by atoms with E-state index in [1.807, 2.05) is 48.5 Å². The van der Waals surface area contributed by atoms with Crippen LogP contribution in [0.5, 0.6) is 5.75 Å². The largest absolute Gasteiger partial charge is 0.495 e. The number of fused-ring (bicyclic) bond motifs is 1. The fourth-order valence-electron chi connectivity index (χ4n) is 3.87. The number of carbonyl (C=O) groups excluding carboxylic acids is 1. The molecule has 0 aliphatic rings. The summed E-state index contributed by atoms with van der Waals surface area (Å²) in [5, 5.41) is 9.34. The standard InChI is InChI=1S/C25H25N3O4S/c1-32-22-9-5-8-20-21(16-28-24(20)22)25(29)23(18-6-3-2-4-7-18)27-15-14-17-10-12-19(13-11-17)33(26,30)31/h2-13,16,23,27-28H,14-15H2,1H3,(H2,26,30,31)/t23-/m1/s1. The molecule has 8 heteroatoms. The molecule has 0 aliphatic carbocycles. The predicted molar refractivity (Wildman–Crippen MR) is 128 cm³/mol. The molecule has 1 heterocycles. The lowest BCUT2D eigenvalue weighted by Gasteiger charge is -2.18. The van der Waals surface area contributed by atoms with Gasteiger partial charge in [-0.2, -0.15) is 0 Å². The van der Waals surface area contributed by atoms with Crippen LogP contribution in [0, 0.1) is 0 Å². The summed E-state index contributed by atoms with van der Waals surface area (Å²) >= 11 is 0. The summed E-state index contributed by atoms with van der Waals surface area (Å²) < 4.78 is 28.3. The van der Waals surface area contributed by atoms with Crippen molar-refractivity contribution < 1.29 is 17.9 Å². The van der Waals surface area contributed by atoms with E-state index in [0.29, 0.717) is 24.3 Å². The second kappa shape index (κ2) is 9.58. The maximum atomic E-state index is 13.6. The molecule has 0 saturated carbocycles. The Balaban J connectivity index is 1.56. The second-order valence-corrected chi connectivity index (χ2v) is 9.25. The van der Waals surface area contributed by atoms with Crippen molar-refractivity contribution in [1.82, 2.24) is 10.3 Å². The molecule has 170 valence electrons. The van der Waals surface area contributed by atoms with Crippen LogP contribution >= 0.6 is 0 Å². The Morgan fingerprint density at radius 1 is 1.03 bits per heavy atom. The van der Waals surface area contributed by atoms with Gasteiger partial charge in [0, 0.05) is 23.7 Å². The smallest absolute Gasteiger partial charge is 0.238 e. The number of aromatic nitrogens is 1. The first kappa shape index (κ1) is 22.7. The summed E-state index contributed by atoms with van der Waals surface area (Å²) in [6.07, 6.45) is 2.34. The summed E-state index contributed by atoms with van der Waals surface area (Å²) in [5.74, 6) is 0.629. The van der Waals surface area contributed by atoms with E-state index in [9.17, 15) is 13.2 Å². The molecule has 0 saturated heterocycles. The Morgan fingerprint density at radius 2 is 1.76 bits per heavy atom. The summed E-state index contributed by atoms with van der Waals surface area (Å²) in [4.78, 5) is 16.9. The van der Waals surface area contributed by atoms with Gasteiger partial charge in [-0.05, 0) is 35.7 Å². The van der Waals surface area contributed by atoms with Crippen molar-refractivity contribution in [1.29, 1.82) is 0 Å². The Labute approximate surface area is 192 Å². The second-order valence-electron chi connectivity index (χ2n) is 7.69. The summed E-state index contributed by atoms with van der Waals surface area (Å²) in [5.41, 5.74) is 3.17. The average Bonchev–Trinajstić information content (AvgIpc) is 3.26. The van der Waals surface area contributed by atoms with Gasteiger partial charge in [-0.1, -0.05) is 54.6 Å². The molecule has 0 amide bonds. The maximum absolute atomic E-state index is 13.6. The van der Waals surface area contributed by atoms with E-state index in [2.05, 4.69) is 10.3 Å². The Morgan fingerprint density at radius 3 is 2.42 bits per heavy atom. The molecular formula is C25H25N3O4S.